The highest BCUT2D eigenvalue weighted by Gasteiger charge is 2.34. The summed E-state index contributed by atoms with van der Waals surface area (Å²) >= 11 is 0. The van der Waals surface area contributed by atoms with Crippen molar-refractivity contribution in [2.24, 2.45) is 4.99 Å². The van der Waals surface area contributed by atoms with E-state index in [1.807, 2.05) is 37.7 Å². The lowest BCUT2D eigenvalue weighted by Gasteiger charge is -2.40. The second kappa shape index (κ2) is 7.34. The number of likely N-dealkylation sites (tertiary alicyclic amines) is 1. The molecule has 0 atom stereocenters. The van der Waals surface area contributed by atoms with Gasteiger partial charge < -0.3 is 20.3 Å². The fraction of sp³-hybridized carbons (Fsp3) is 0.667. The summed E-state index contributed by atoms with van der Waals surface area (Å²) in [6, 6.07) is 2.09. The van der Waals surface area contributed by atoms with Crippen molar-refractivity contribution in [3.05, 3.63) is 18.5 Å². The average molecular weight is 322 g/mol. The number of rotatable bonds is 4. The van der Waals surface area contributed by atoms with E-state index in [1.165, 1.54) is 0 Å². The molecular weight excluding hydrogens is 296 g/mol. The Bertz CT molecular complexity index is 529. The Kier molecular flexibility index (Phi) is 5.46. The lowest BCUT2D eigenvalue weighted by atomic mass is 10.1. The Balaban J connectivity index is 1.66. The minimum atomic E-state index is -0.459. The topological polar surface area (TPSA) is 83.8 Å². The Morgan fingerprint density at radius 1 is 1.43 bits per heavy atom. The highest BCUT2D eigenvalue weighted by atomic mass is 16.6. The molecule has 8 nitrogen and oxygen atoms in total. The summed E-state index contributed by atoms with van der Waals surface area (Å²) in [5, 5.41) is 10.7. The molecule has 1 aliphatic heterocycles. The molecule has 0 aliphatic carbocycles. The van der Waals surface area contributed by atoms with Gasteiger partial charge in [-0.15, -0.1) is 0 Å². The van der Waals surface area contributed by atoms with Gasteiger partial charge in [0.25, 0.3) is 0 Å². The summed E-state index contributed by atoms with van der Waals surface area (Å²) in [4.78, 5) is 17.7. The molecular formula is C15H26N6O2. The Hall–Kier alpha value is -2.25. The Labute approximate surface area is 136 Å². The normalized spacial score (nSPS) is 16.0. The molecule has 1 aromatic heterocycles. The van der Waals surface area contributed by atoms with Crippen LogP contribution in [-0.4, -0.2) is 65.1 Å². The zero-order valence-corrected chi connectivity index (χ0v) is 14.2. The summed E-state index contributed by atoms with van der Waals surface area (Å²) in [6.07, 6.45) is 3.41. The summed E-state index contributed by atoms with van der Waals surface area (Å²) in [5.41, 5.74) is -0.459. The molecule has 0 bridgehead atoms. The van der Waals surface area contributed by atoms with Crippen molar-refractivity contribution in [1.82, 2.24) is 25.3 Å². The van der Waals surface area contributed by atoms with Crippen LogP contribution in [0.4, 0.5) is 4.79 Å². The quantitative estimate of drug-likeness (QED) is 0.629. The fourth-order valence-corrected chi connectivity index (χ4v) is 2.15. The predicted molar refractivity (Wildman–Crippen MR) is 88.3 cm³/mol. The van der Waals surface area contributed by atoms with Gasteiger partial charge >= 0.3 is 6.09 Å². The first-order valence-corrected chi connectivity index (χ1v) is 7.80. The monoisotopic (exact) mass is 322 g/mol. The van der Waals surface area contributed by atoms with Crippen LogP contribution in [0.3, 0.4) is 0 Å². The van der Waals surface area contributed by atoms with Crippen LogP contribution in [0.15, 0.2) is 23.5 Å². The molecule has 1 aliphatic rings. The number of nitrogens with zero attached hydrogens (tertiary/aromatic N) is 4. The number of aliphatic imine (C=N–C) groups is 1. The minimum absolute atomic E-state index is 0.193. The summed E-state index contributed by atoms with van der Waals surface area (Å²) in [7, 11) is 1.73. The lowest BCUT2D eigenvalue weighted by Crippen LogP contribution is -2.63. The van der Waals surface area contributed by atoms with E-state index in [0.717, 1.165) is 19.0 Å². The lowest BCUT2D eigenvalue weighted by molar-refractivity contribution is 0.00701. The first kappa shape index (κ1) is 17.1. The minimum Gasteiger partial charge on any atom is -0.444 e. The van der Waals surface area contributed by atoms with Gasteiger partial charge in [0.05, 0.1) is 12.6 Å². The number of hydrogen-bond acceptors (Lipinski definition) is 4. The average Bonchev–Trinajstić information content (AvgIpc) is 2.91. The third-order valence-electron chi connectivity index (χ3n) is 3.29. The maximum absolute atomic E-state index is 11.9. The molecule has 0 aromatic carbocycles. The highest BCUT2D eigenvalue weighted by Crippen LogP contribution is 2.15. The number of guanidine groups is 1. The van der Waals surface area contributed by atoms with Gasteiger partial charge in [-0.3, -0.25) is 9.67 Å². The van der Waals surface area contributed by atoms with Crippen molar-refractivity contribution in [2.45, 2.75) is 39.0 Å². The number of amides is 1. The number of aromatic nitrogens is 2. The molecule has 128 valence electrons. The zero-order valence-electron chi connectivity index (χ0n) is 14.2. The number of carbonyl (C=O) groups is 1. The van der Waals surface area contributed by atoms with Crippen LogP contribution >= 0.6 is 0 Å². The van der Waals surface area contributed by atoms with Crippen molar-refractivity contribution in [3.8, 4) is 0 Å². The molecule has 0 spiro atoms. The van der Waals surface area contributed by atoms with Gasteiger partial charge in [0.1, 0.15) is 5.60 Å². The van der Waals surface area contributed by atoms with E-state index in [-0.39, 0.29) is 12.1 Å². The van der Waals surface area contributed by atoms with E-state index in [4.69, 9.17) is 4.74 Å². The second-order valence-corrected chi connectivity index (χ2v) is 6.49. The standard InChI is InChI=1S/C15H26N6O2/c1-15(2,3)23-14(22)20-10-12(11-20)19-13(16-4)17-7-9-21-8-5-6-18-21/h5-6,8,12H,7,9-11H2,1-4H3,(H2,16,17,19). The van der Waals surface area contributed by atoms with Crippen molar-refractivity contribution in [2.75, 3.05) is 26.7 Å². The summed E-state index contributed by atoms with van der Waals surface area (Å²) < 4.78 is 7.19. The van der Waals surface area contributed by atoms with E-state index >= 15 is 0 Å². The molecule has 23 heavy (non-hydrogen) atoms. The first-order valence-electron chi connectivity index (χ1n) is 7.80. The molecule has 2 rings (SSSR count). The van der Waals surface area contributed by atoms with Crippen molar-refractivity contribution in [3.63, 3.8) is 0 Å². The smallest absolute Gasteiger partial charge is 0.410 e. The number of hydrogen-bond donors (Lipinski definition) is 2. The van der Waals surface area contributed by atoms with Gasteiger partial charge in [-0.2, -0.15) is 5.10 Å². The molecule has 2 N–H and O–H groups in total. The number of carbonyl (C=O) groups excluding carboxylic acids is 1. The molecule has 0 radical (unpaired) electrons. The van der Waals surface area contributed by atoms with Crippen LogP contribution in [0.2, 0.25) is 0 Å². The Morgan fingerprint density at radius 2 is 2.17 bits per heavy atom. The van der Waals surface area contributed by atoms with E-state index in [9.17, 15) is 4.79 Å². The fourth-order valence-electron chi connectivity index (χ4n) is 2.15. The van der Waals surface area contributed by atoms with Gasteiger partial charge in [0.15, 0.2) is 5.96 Å². The van der Waals surface area contributed by atoms with E-state index in [2.05, 4.69) is 20.7 Å². The van der Waals surface area contributed by atoms with Crippen molar-refractivity contribution >= 4 is 12.1 Å². The summed E-state index contributed by atoms with van der Waals surface area (Å²) in [5.74, 6) is 0.728. The third kappa shape index (κ3) is 5.46. The van der Waals surface area contributed by atoms with Crippen LogP contribution in [0.25, 0.3) is 0 Å². The molecule has 1 aromatic rings. The molecule has 1 saturated heterocycles. The first-order chi connectivity index (χ1) is 10.9. The van der Waals surface area contributed by atoms with Gasteiger partial charge in [-0.25, -0.2) is 4.79 Å². The number of nitrogens with one attached hydrogen (secondary N) is 2. The predicted octanol–water partition coefficient (Wildman–Crippen LogP) is 0.667. The largest absolute Gasteiger partial charge is 0.444 e. The van der Waals surface area contributed by atoms with Crippen LogP contribution in [0, 0.1) is 0 Å². The van der Waals surface area contributed by atoms with Gasteiger partial charge in [0, 0.05) is 39.1 Å². The van der Waals surface area contributed by atoms with Gasteiger partial charge in [-0.1, -0.05) is 0 Å². The van der Waals surface area contributed by atoms with Crippen LogP contribution in [0.1, 0.15) is 20.8 Å². The molecule has 1 fully saturated rings. The second-order valence-electron chi connectivity index (χ2n) is 6.49. The summed E-state index contributed by atoms with van der Waals surface area (Å²) in [6.45, 7) is 8.33. The van der Waals surface area contributed by atoms with Crippen LogP contribution in [-0.2, 0) is 11.3 Å². The van der Waals surface area contributed by atoms with Gasteiger partial charge in [0.2, 0.25) is 0 Å². The maximum Gasteiger partial charge on any atom is 0.410 e. The van der Waals surface area contributed by atoms with Crippen LogP contribution < -0.4 is 10.6 Å². The van der Waals surface area contributed by atoms with Crippen LogP contribution in [0.5, 0.6) is 0 Å². The van der Waals surface area contributed by atoms with E-state index in [0.29, 0.717) is 13.1 Å². The zero-order chi connectivity index (χ0) is 16.9. The maximum atomic E-state index is 11.9. The van der Waals surface area contributed by atoms with E-state index < -0.39 is 5.60 Å². The van der Waals surface area contributed by atoms with Crippen molar-refractivity contribution < 1.29 is 9.53 Å². The molecule has 0 saturated carbocycles. The third-order valence-corrected chi connectivity index (χ3v) is 3.29. The van der Waals surface area contributed by atoms with Gasteiger partial charge in [-0.05, 0) is 26.8 Å². The molecule has 0 unspecified atom stereocenters. The SMILES string of the molecule is CN=C(NCCn1cccn1)NC1CN(C(=O)OC(C)(C)C)C1. The molecule has 2 heterocycles. The van der Waals surface area contributed by atoms with E-state index in [1.54, 1.807) is 18.1 Å². The Morgan fingerprint density at radius 3 is 2.74 bits per heavy atom. The number of ether oxygens (including phenoxy) is 1. The molecule has 1 amide bonds. The van der Waals surface area contributed by atoms with Crippen molar-refractivity contribution in [1.29, 1.82) is 0 Å². The highest BCUT2D eigenvalue weighted by molar-refractivity contribution is 5.80. The molecule has 8 heteroatoms.